The van der Waals surface area contributed by atoms with Crippen LogP contribution in [0.3, 0.4) is 0 Å². The standard InChI is InChI=1S/C9H3BrF3N/c10-4-1-2-14-9-6(12)3-5(11)8(13)7(4)9/h1-3H. The molecule has 0 fully saturated rings. The van der Waals surface area contributed by atoms with Crippen molar-refractivity contribution >= 4 is 26.8 Å². The number of pyridine rings is 1. The number of aromatic nitrogens is 1. The number of nitrogens with zero attached hydrogens (tertiary/aromatic N) is 1. The molecular weight excluding hydrogens is 259 g/mol. The second kappa shape index (κ2) is 3.24. The number of hydrogen-bond acceptors (Lipinski definition) is 1. The van der Waals surface area contributed by atoms with Crippen molar-refractivity contribution in [1.29, 1.82) is 0 Å². The maximum absolute atomic E-state index is 13.2. The topological polar surface area (TPSA) is 12.9 Å². The van der Waals surface area contributed by atoms with Gasteiger partial charge in [-0.15, -0.1) is 0 Å². The van der Waals surface area contributed by atoms with Gasteiger partial charge in [-0.1, -0.05) is 0 Å². The minimum atomic E-state index is -1.22. The summed E-state index contributed by atoms with van der Waals surface area (Å²) in [5, 5.41) is -0.176. The molecule has 0 saturated heterocycles. The molecule has 0 aliphatic heterocycles. The van der Waals surface area contributed by atoms with Crippen LogP contribution in [0, 0.1) is 17.5 Å². The Morgan fingerprint density at radius 3 is 2.57 bits per heavy atom. The fourth-order valence-corrected chi connectivity index (χ4v) is 1.67. The van der Waals surface area contributed by atoms with Gasteiger partial charge in [0.25, 0.3) is 0 Å². The summed E-state index contributed by atoms with van der Waals surface area (Å²) in [6.45, 7) is 0. The first kappa shape index (κ1) is 9.45. The fourth-order valence-electron chi connectivity index (χ4n) is 1.19. The smallest absolute Gasteiger partial charge is 0.169 e. The highest BCUT2D eigenvalue weighted by Crippen LogP contribution is 2.28. The van der Waals surface area contributed by atoms with E-state index in [2.05, 4.69) is 20.9 Å². The van der Waals surface area contributed by atoms with Crippen molar-refractivity contribution in [3.63, 3.8) is 0 Å². The van der Waals surface area contributed by atoms with E-state index in [9.17, 15) is 13.2 Å². The van der Waals surface area contributed by atoms with Crippen LogP contribution in [0.25, 0.3) is 10.9 Å². The Labute approximate surface area is 85.7 Å². The zero-order valence-corrected chi connectivity index (χ0v) is 8.28. The monoisotopic (exact) mass is 261 g/mol. The normalized spacial score (nSPS) is 10.9. The quantitative estimate of drug-likeness (QED) is 0.663. The van der Waals surface area contributed by atoms with Crippen LogP contribution >= 0.6 is 15.9 Å². The molecule has 0 atom stereocenters. The SMILES string of the molecule is Fc1cc(F)c2nccc(Br)c2c1F. The van der Waals surface area contributed by atoms with Crippen molar-refractivity contribution in [3.8, 4) is 0 Å². The van der Waals surface area contributed by atoms with Crippen LogP contribution in [0.5, 0.6) is 0 Å². The molecule has 0 amide bonds. The van der Waals surface area contributed by atoms with Gasteiger partial charge in [0, 0.05) is 16.7 Å². The Kier molecular flexibility index (Phi) is 2.19. The summed E-state index contributed by atoms with van der Waals surface area (Å²) in [7, 11) is 0. The highest BCUT2D eigenvalue weighted by molar-refractivity contribution is 9.10. The first-order valence-corrected chi connectivity index (χ1v) is 4.48. The van der Waals surface area contributed by atoms with E-state index >= 15 is 0 Å². The number of halogens is 4. The molecule has 1 aromatic heterocycles. The summed E-state index contributed by atoms with van der Waals surface area (Å²) < 4.78 is 39.4. The molecule has 0 aliphatic rings. The third-order valence-corrected chi connectivity index (χ3v) is 2.47. The Bertz CT molecular complexity index is 513. The summed E-state index contributed by atoms with van der Waals surface area (Å²) in [6.07, 6.45) is 1.31. The lowest BCUT2D eigenvalue weighted by molar-refractivity contribution is 0.505. The summed E-state index contributed by atoms with van der Waals surface area (Å²) in [5.74, 6) is -3.19. The number of rotatable bonds is 0. The van der Waals surface area contributed by atoms with Crippen LogP contribution in [-0.2, 0) is 0 Å². The largest absolute Gasteiger partial charge is 0.253 e. The van der Waals surface area contributed by atoms with Crippen molar-refractivity contribution in [2.75, 3.05) is 0 Å². The van der Waals surface area contributed by atoms with E-state index in [0.717, 1.165) is 0 Å². The van der Waals surface area contributed by atoms with Crippen molar-refractivity contribution in [2.24, 2.45) is 0 Å². The molecule has 2 rings (SSSR count). The van der Waals surface area contributed by atoms with E-state index in [4.69, 9.17) is 0 Å². The van der Waals surface area contributed by atoms with Gasteiger partial charge in [-0.05, 0) is 22.0 Å². The molecule has 0 spiro atoms. The lowest BCUT2D eigenvalue weighted by Crippen LogP contribution is -1.93. The summed E-state index contributed by atoms with van der Waals surface area (Å²) in [5.41, 5.74) is -0.182. The molecule has 14 heavy (non-hydrogen) atoms. The average Bonchev–Trinajstić information content (AvgIpc) is 2.14. The van der Waals surface area contributed by atoms with Crippen LogP contribution in [0.4, 0.5) is 13.2 Å². The molecule has 0 bridgehead atoms. The minimum absolute atomic E-state index is 0.176. The minimum Gasteiger partial charge on any atom is -0.253 e. The third kappa shape index (κ3) is 1.28. The molecular formula is C9H3BrF3N. The van der Waals surface area contributed by atoms with E-state index in [0.29, 0.717) is 6.07 Å². The number of hydrogen-bond donors (Lipinski definition) is 0. The third-order valence-electron chi connectivity index (χ3n) is 1.81. The van der Waals surface area contributed by atoms with Gasteiger partial charge in [-0.3, -0.25) is 4.98 Å². The number of benzene rings is 1. The van der Waals surface area contributed by atoms with Gasteiger partial charge in [0.2, 0.25) is 0 Å². The van der Waals surface area contributed by atoms with Gasteiger partial charge >= 0.3 is 0 Å². The van der Waals surface area contributed by atoms with Crippen LogP contribution in [0.1, 0.15) is 0 Å². The summed E-state index contributed by atoms with van der Waals surface area (Å²) >= 11 is 3.00. The van der Waals surface area contributed by atoms with E-state index in [-0.39, 0.29) is 15.4 Å². The summed E-state index contributed by atoms with van der Waals surface area (Å²) in [6, 6.07) is 1.90. The molecule has 0 aliphatic carbocycles. The lowest BCUT2D eigenvalue weighted by atomic mass is 10.2. The predicted octanol–water partition coefficient (Wildman–Crippen LogP) is 3.41. The molecule has 1 aromatic carbocycles. The predicted molar refractivity (Wildman–Crippen MR) is 49.3 cm³/mol. The van der Waals surface area contributed by atoms with Gasteiger partial charge < -0.3 is 0 Å². The van der Waals surface area contributed by atoms with Crippen LogP contribution in [0.2, 0.25) is 0 Å². The van der Waals surface area contributed by atoms with Gasteiger partial charge in [-0.25, -0.2) is 13.2 Å². The highest BCUT2D eigenvalue weighted by Gasteiger charge is 2.15. The summed E-state index contributed by atoms with van der Waals surface area (Å²) in [4.78, 5) is 3.63. The fraction of sp³-hybridized carbons (Fsp3) is 0. The second-order valence-corrected chi connectivity index (χ2v) is 3.52. The zero-order valence-electron chi connectivity index (χ0n) is 6.69. The Morgan fingerprint density at radius 2 is 1.86 bits per heavy atom. The van der Waals surface area contributed by atoms with E-state index in [1.807, 2.05) is 0 Å². The van der Waals surface area contributed by atoms with Crippen LogP contribution < -0.4 is 0 Å². The Hall–Kier alpha value is -1.10. The Balaban J connectivity index is 3.03. The van der Waals surface area contributed by atoms with Crippen LogP contribution in [0.15, 0.2) is 22.8 Å². The second-order valence-electron chi connectivity index (χ2n) is 2.67. The van der Waals surface area contributed by atoms with Crippen LogP contribution in [-0.4, -0.2) is 4.98 Å². The first-order chi connectivity index (χ1) is 6.61. The van der Waals surface area contributed by atoms with Gasteiger partial charge in [-0.2, -0.15) is 0 Å². The maximum Gasteiger partial charge on any atom is 0.169 e. The van der Waals surface area contributed by atoms with E-state index < -0.39 is 17.5 Å². The molecule has 5 heteroatoms. The molecule has 0 saturated carbocycles. The van der Waals surface area contributed by atoms with E-state index in [1.54, 1.807) is 0 Å². The van der Waals surface area contributed by atoms with Crippen molar-refractivity contribution in [2.45, 2.75) is 0 Å². The molecule has 72 valence electrons. The van der Waals surface area contributed by atoms with Crippen molar-refractivity contribution < 1.29 is 13.2 Å². The molecule has 1 nitrogen and oxygen atoms in total. The molecule has 0 unspecified atom stereocenters. The number of fused-ring (bicyclic) bond motifs is 1. The average molecular weight is 262 g/mol. The van der Waals surface area contributed by atoms with Crippen molar-refractivity contribution in [1.82, 2.24) is 4.98 Å². The lowest BCUT2D eigenvalue weighted by Gasteiger charge is -2.02. The van der Waals surface area contributed by atoms with Gasteiger partial charge in [0.1, 0.15) is 5.52 Å². The van der Waals surface area contributed by atoms with Gasteiger partial charge in [0.15, 0.2) is 17.5 Å². The molecule has 1 heterocycles. The van der Waals surface area contributed by atoms with E-state index in [1.165, 1.54) is 12.3 Å². The highest BCUT2D eigenvalue weighted by atomic mass is 79.9. The maximum atomic E-state index is 13.2. The van der Waals surface area contributed by atoms with Gasteiger partial charge in [0.05, 0.1) is 5.39 Å². The molecule has 2 aromatic rings. The first-order valence-electron chi connectivity index (χ1n) is 3.69. The zero-order chi connectivity index (χ0) is 10.3. The Morgan fingerprint density at radius 1 is 1.14 bits per heavy atom. The molecule has 0 radical (unpaired) electrons. The molecule has 0 N–H and O–H groups in total. The van der Waals surface area contributed by atoms with Crippen molar-refractivity contribution in [3.05, 3.63) is 40.3 Å².